The molecule has 4 nitrogen and oxygen atoms in total. The van der Waals surface area contributed by atoms with Crippen molar-refractivity contribution in [3.8, 4) is 0 Å². The molecule has 0 aromatic heterocycles. The van der Waals surface area contributed by atoms with E-state index in [1.807, 2.05) is 38.1 Å². The van der Waals surface area contributed by atoms with Gasteiger partial charge in [-0.15, -0.1) is 0 Å². The molecule has 0 aliphatic carbocycles. The van der Waals surface area contributed by atoms with Crippen molar-refractivity contribution in [1.29, 1.82) is 0 Å². The Morgan fingerprint density at radius 3 is 2.10 bits per heavy atom. The van der Waals surface area contributed by atoms with Gasteiger partial charge in [0.05, 0.1) is 5.69 Å². The molecule has 1 aromatic rings. The molecule has 2 rings (SSSR count). The molecule has 1 fully saturated rings. The summed E-state index contributed by atoms with van der Waals surface area (Å²) < 4.78 is 0. The van der Waals surface area contributed by atoms with Crippen molar-refractivity contribution < 1.29 is 9.59 Å². The predicted molar refractivity (Wildman–Crippen MR) is 83.9 cm³/mol. The highest BCUT2D eigenvalue weighted by atomic mass is 16.2. The van der Waals surface area contributed by atoms with Crippen LogP contribution in [0.3, 0.4) is 0 Å². The van der Waals surface area contributed by atoms with E-state index in [1.54, 1.807) is 0 Å². The molecule has 2 amide bonds. The van der Waals surface area contributed by atoms with Crippen molar-refractivity contribution in [3.63, 3.8) is 0 Å². The molecule has 1 aromatic carbocycles. The summed E-state index contributed by atoms with van der Waals surface area (Å²) in [5.74, 6) is -0.214. The third-order valence-corrected chi connectivity index (χ3v) is 3.67. The maximum atomic E-state index is 12.2. The lowest BCUT2D eigenvalue weighted by atomic mass is 9.81. The van der Waals surface area contributed by atoms with Gasteiger partial charge in [-0.25, -0.2) is 0 Å². The van der Waals surface area contributed by atoms with Crippen LogP contribution in [0.15, 0.2) is 24.3 Å². The SMILES string of the molecule is CC(C)NCc1ccc(N2C(=O)CC(C)(C)CC2=O)cc1. The molecule has 1 heterocycles. The van der Waals surface area contributed by atoms with Crippen molar-refractivity contribution in [1.82, 2.24) is 5.32 Å². The van der Waals surface area contributed by atoms with Gasteiger partial charge in [0, 0.05) is 25.4 Å². The topological polar surface area (TPSA) is 49.4 Å². The Balaban J connectivity index is 2.11. The molecular formula is C17H24N2O2. The Morgan fingerprint density at radius 1 is 1.10 bits per heavy atom. The zero-order chi connectivity index (χ0) is 15.6. The molecule has 0 radical (unpaired) electrons. The number of imide groups is 1. The number of rotatable bonds is 4. The number of piperidine rings is 1. The smallest absolute Gasteiger partial charge is 0.234 e. The van der Waals surface area contributed by atoms with E-state index in [0.29, 0.717) is 24.6 Å². The minimum absolute atomic E-state index is 0.107. The van der Waals surface area contributed by atoms with Gasteiger partial charge < -0.3 is 5.32 Å². The molecule has 0 unspecified atom stereocenters. The van der Waals surface area contributed by atoms with Crippen LogP contribution in [0.5, 0.6) is 0 Å². The number of benzene rings is 1. The third-order valence-electron chi connectivity index (χ3n) is 3.67. The van der Waals surface area contributed by atoms with Crippen molar-refractivity contribution in [2.75, 3.05) is 4.90 Å². The van der Waals surface area contributed by atoms with Gasteiger partial charge in [0.25, 0.3) is 0 Å². The van der Waals surface area contributed by atoms with Crippen LogP contribution in [0.4, 0.5) is 5.69 Å². The summed E-state index contributed by atoms with van der Waals surface area (Å²) in [6.07, 6.45) is 0.824. The first kappa shape index (κ1) is 15.7. The molecule has 0 atom stereocenters. The van der Waals surface area contributed by atoms with Crippen molar-refractivity contribution in [3.05, 3.63) is 29.8 Å². The van der Waals surface area contributed by atoms with E-state index in [4.69, 9.17) is 0 Å². The summed E-state index contributed by atoms with van der Waals surface area (Å²) in [7, 11) is 0. The summed E-state index contributed by atoms with van der Waals surface area (Å²) in [6, 6.07) is 8.06. The predicted octanol–water partition coefficient (Wildman–Crippen LogP) is 2.86. The zero-order valence-electron chi connectivity index (χ0n) is 13.3. The first-order valence-electron chi connectivity index (χ1n) is 7.47. The zero-order valence-corrected chi connectivity index (χ0v) is 13.3. The Morgan fingerprint density at radius 2 is 1.62 bits per heavy atom. The van der Waals surface area contributed by atoms with Crippen LogP contribution >= 0.6 is 0 Å². The van der Waals surface area contributed by atoms with E-state index in [0.717, 1.165) is 12.1 Å². The first-order valence-corrected chi connectivity index (χ1v) is 7.47. The maximum absolute atomic E-state index is 12.2. The number of nitrogens with zero attached hydrogens (tertiary/aromatic N) is 1. The van der Waals surface area contributed by atoms with E-state index < -0.39 is 0 Å². The lowest BCUT2D eigenvalue weighted by Gasteiger charge is -2.34. The summed E-state index contributed by atoms with van der Waals surface area (Å²) in [5.41, 5.74) is 1.59. The number of hydrogen-bond acceptors (Lipinski definition) is 3. The second kappa shape index (κ2) is 5.98. The van der Waals surface area contributed by atoms with Gasteiger partial charge in [0.1, 0.15) is 0 Å². The summed E-state index contributed by atoms with van der Waals surface area (Å²) in [4.78, 5) is 25.8. The summed E-state index contributed by atoms with van der Waals surface area (Å²) >= 11 is 0. The number of anilines is 1. The van der Waals surface area contributed by atoms with Crippen LogP contribution in [0.2, 0.25) is 0 Å². The molecule has 0 bridgehead atoms. The molecule has 114 valence electrons. The molecule has 0 saturated carbocycles. The Hall–Kier alpha value is -1.68. The van der Waals surface area contributed by atoms with Crippen LogP contribution in [0.1, 0.15) is 46.1 Å². The molecular weight excluding hydrogens is 264 g/mol. The second-order valence-electron chi connectivity index (χ2n) is 6.84. The third kappa shape index (κ3) is 3.91. The van der Waals surface area contributed by atoms with Crippen LogP contribution < -0.4 is 10.2 Å². The number of nitrogens with one attached hydrogen (secondary N) is 1. The molecule has 21 heavy (non-hydrogen) atoms. The van der Waals surface area contributed by atoms with Crippen molar-refractivity contribution in [2.45, 2.75) is 53.1 Å². The Bertz CT molecular complexity index is 512. The average molecular weight is 288 g/mol. The maximum Gasteiger partial charge on any atom is 0.234 e. The largest absolute Gasteiger partial charge is 0.310 e. The summed E-state index contributed by atoms with van der Waals surface area (Å²) in [5, 5.41) is 3.34. The monoisotopic (exact) mass is 288 g/mol. The van der Waals surface area contributed by atoms with Gasteiger partial charge >= 0.3 is 0 Å². The van der Waals surface area contributed by atoms with Gasteiger partial charge in [-0.05, 0) is 23.1 Å². The van der Waals surface area contributed by atoms with E-state index in [9.17, 15) is 9.59 Å². The molecule has 4 heteroatoms. The van der Waals surface area contributed by atoms with Gasteiger partial charge in [-0.2, -0.15) is 0 Å². The number of carbonyl (C=O) groups excluding carboxylic acids is 2. The molecule has 1 saturated heterocycles. The lowest BCUT2D eigenvalue weighted by Crippen LogP contribution is -2.46. The molecule has 1 aliphatic heterocycles. The normalized spacial score (nSPS) is 18.4. The fourth-order valence-electron chi connectivity index (χ4n) is 2.55. The van der Waals surface area contributed by atoms with E-state index in [2.05, 4.69) is 19.2 Å². The highest BCUT2D eigenvalue weighted by molar-refractivity contribution is 6.16. The van der Waals surface area contributed by atoms with E-state index in [-0.39, 0.29) is 17.2 Å². The Kier molecular flexibility index (Phi) is 4.47. The van der Waals surface area contributed by atoms with Crippen LogP contribution in [-0.4, -0.2) is 17.9 Å². The number of carbonyl (C=O) groups is 2. The second-order valence-corrected chi connectivity index (χ2v) is 6.84. The van der Waals surface area contributed by atoms with Crippen molar-refractivity contribution >= 4 is 17.5 Å². The fraction of sp³-hybridized carbons (Fsp3) is 0.529. The van der Waals surface area contributed by atoms with Crippen LogP contribution in [0, 0.1) is 5.41 Å². The van der Waals surface area contributed by atoms with E-state index >= 15 is 0 Å². The quantitative estimate of drug-likeness (QED) is 0.867. The van der Waals surface area contributed by atoms with Gasteiger partial charge in [-0.3, -0.25) is 14.5 Å². The van der Waals surface area contributed by atoms with Crippen molar-refractivity contribution in [2.24, 2.45) is 5.41 Å². The highest BCUT2D eigenvalue weighted by Crippen LogP contribution is 2.33. The number of amides is 2. The fourth-order valence-corrected chi connectivity index (χ4v) is 2.55. The molecule has 0 spiro atoms. The minimum Gasteiger partial charge on any atom is -0.310 e. The number of hydrogen-bond donors (Lipinski definition) is 1. The first-order chi connectivity index (χ1) is 9.78. The average Bonchev–Trinajstić information content (AvgIpc) is 2.35. The van der Waals surface area contributed by atoms with Gasteiger partial charge in [-0.1, -0.05) is 39.8 Å². The minimum atomic E-state index is -0.230. The van der Waals surface area contributed by atoms with Gasteiger partial charge in [0.15, 0.2) is 0 Å². The Labute approximate surface area is 126 Å². The summed E-state index contributed by atoms with van der Waals surface area (Å²) in [6.45, 7) is 8.90. The molecule has 1 N–H and O–H groups in total. The van der Waals surface area contributed by atoms with Crippen LogP contribution in [-0.2, 0) is 16.1 Å². The highest BCUT2D eigenvalue weighted by Gasteiger charge is 2.38. The lowest BCUT2D eigenvalue weighted by molar-refractivity contribution is -0.132. The van der Waals surface area contributed by atoms with E-state index in [1.165, 1.54) is 4.90 Å². The van der Waals surface area contributed by atoms with Gasteiger partial charge in [0.2, 0.25) is 11.8 Å². The van der Waals surface area contributed by atoms with Crippen LogP contribution in [0.25, 0.3) is 0 Å². The molecule has 1 aliphatic rings. The standard InChI is InChI=1S/C17H24N2O2/c1-12(2)18-11-13-5-7-14(8-6-13)19-15(20)9-17(3,4)10-16(19)21/h5-8,12,18H,9-11H2,1-4H3.